The van der Waals surface area contributed by atoms with Gasteiger partial charge in [-0.3, -0.25) is 4.79 Å². The van der Waals surface area contributed by atoms with Gasteiger partial charge in [0, 0.05) is 7.11 Å². The molecular weight excluding hydrogens is 200 g/mol. The van der Waals surface area contributed by atoms with Gasteiger partial charge >= 0.3 is 5.97 Å². The van der Waals surface area contributed by atoms with E-state index in [4.69, 9.17) is 18.9 Å². The van der Waals surface area contributed by atoms with E-state index in [0.29, 0.717) is 13.0 Å². The molecule has 2 aliphatic heterocycles. The zero-order chi connectivity index (χ0) is 11.1. The maximum atomic E-state index is 11.8. The average molecular weight is 216 g/mol. The van der Waals surface area contributed by atoms with Gasteiger partial charge in [-0.25, -0.2) is 0 Å². The second kappa shape index (κ2) is 3.43. The van der Waals surface area contributed by atoms with Crippen LogP contribution in [-0.4, -0.2) is 38.9 Å². The van der Waals surface area contributed by atoms with E-state index in [-0.39, 0.29) is 12.1 Å². The van der Waals surface area contributed by atoms with Crippen molar-refractivity contribution in [1.82, 2.24) is 0 Å². The Bertz CT molecular complexity index is 279. The van der Waals surface area contributed by atoms with E-state index in [2.05, 4.69) is 0 Å². The van der Waals surface area contributed by atoms with Crippen LogP contribution in [0.3, 0.4) is 0 Å². The van der Waals surface area contributed by atoms with Crippen LogP contribution >= 0.6 is 0 Å². The van der Waals surface area contributed by atoms with Crippen molar-refractivity contribution in [3.63, 3.8) is 0 Å². The fraction of sp³-hybridized carbons (Fsp3) is 0.900. The largest absolute Gasteiger partial charge is 0.468 e. The molecule has 3 atom stereocenters. The summed E-state index contributed by atoms with van der Waals surface area (Å²) in [6.07, 6.45) is 1.47. The molecule has 0 radical (unpaired) electrons. The number of carbonyl (C=O) groups is 1. The Kier molecular flexibility index (Phi) is 2.48. The lowest BCUT2D eigenvalue weighted by molar-refractivity contribution is -0.386. The third kappa shape index (κ3) is 1.30. The first-order valence-corrected chi connectivity index (χ1v) is 5.03. The topological polar surface area (TPSA) is 54.0 Å². The summed E-state index contributed by atoms with van der Waals surface area (Å²) in [5.41, 5.74) is -0.885. The van der Waals surface area contributed by atoms with Gasteiger partial charge in [-0.15, -0.1) is 0 Å². The van der Waals surface area contributed by atoms with E-state index in [9.17, 15) is 4.79 Å². The van der Waals surface area contributed by atoms with Crippen molar-refractivity contribution < 1.29 is 23.7 Å². The summed E-state index contributed by atoms with van der Waals surface area (Å²) in [4.78, 5) is 11.8. The van der Waals surface area contributed by atoms with E-state index >= 15 is 0 Å². The van der Waals surface area contributed by atoms with Crippen LogP contribution in [0, 0.1) is 5.41 Å². The molecule has 0 aromatic heterocycles. The summed E-state index contributed by atoms with van der Waals surface area (Å²) in [7, 11) is 2.84. The normalized spacial score (nSPS) is 44.1. The lowest BCUT2D eigenvalue weighted by atomic mass is 9.80. The molecule has 2 heterocycles. The molecule has 0 aromatic carbocycles. The molecule has 0 aliphatic carbocycles. The standard InChI is InChI=1S/C10H16O5/c1-9(8(11)12-2)5-4-7-6-14-10(9,13-3)15-7/h7H,4-6H2,1-3H3. The Morgan fingerprint density at radius 2 is 2.20 bits per heavy atom. The summed E-state index contributed by atoms with van der Waals surface area (Å²) < 4.78 is 21.2. The molecular formula is C10H16O5. The van der Waals surface area contributed by atoms with Crippen molar-refractivity contribution in [3.8, 4) is 0 Å². The van der Waals surface area contributed by atoms with Gasteiger partial charge in [0.25, 0.3) is 5.97 Å². The number of esters is 1. The monoisotopic (exact) mass is 216 g/mol. The number of carbonyl (C=O) groups excluding carboxylic acids is 1. The summed E-state index contributed by atoms with van der Waals surface area (Å²) >= 11 is 0. The smallest absolute Gasteiger partial charge is 0.319 e. The molecule has 0 aromatic rings. The molecule has 2 saturated heterocycles. The maximum absolute atomic E-state index is 11.8. The van der Waals surface area contributed by atoms with Crippen LogP contribution in [-0.2, 0) is 23.7 Å². The first-order valence-electron chi connectivity index (χ1n) is 5.03. The van der Waals surface area contributed by atoms with E-state index < -0.39 is 11.4 Å². The first-order chi connectivity index (χ1) is 7.08. The summed E-state index contributed by atoms with van der Waals surface area (Å²) in [5, 5.41) is 0. The van der Waals surface area contributed by atoms with Crippen LogP contribution in [0.2, 0.25) is 0 Å². The third-order valence-electron chi connectivity index (χ3n) is 3.33. The number of hydrogen-bond donors (Lipinski definition) is 0. The van der Waals surface area contributed by atoms with E-state index in [1.807, 2.05) is 0 Å². The predicted octanol–water partition coefficient (Wildman–Crippen LogP) is 0.675. The zero-order valence-corrected chi connectivity index (χ0v) is 9.24. The second-order valence-electron chi connectivity index (χ2n) is 4.17. The highest BCUT2D eigenvalue weighted by Gasteiger charge is 2.64. The molecule has 0 saturated carbocycles. The second-order valence-corrected chi connectivity index (χ2v) is 4.17. The quantitative estimate of drug-likeness (QED) is 0.635. The third-order valence-corrected chi connectivity index (χ3v) is 3.33. The molecule has 5 heteroatoms. The lowest BCUT2D eigenvalue weighted by Gasteiger charge is -2.43. The summed E-state index contributed by atoms with van der Waals surface area (Å²) in [6.45, 7) is 2.23. The molecule has 2 rings (SSSR count). The Morgan fingerprint density at radius 3 is 2.80 bits per heavy atom. The maximum Gasteiger partial charge on any atom is 0.319 e. The number of hydrogen-bond acceptors (Lipinski definition) is 5. The Balaban J connectivity index is 2.33. The zero-order valence-electron chi connectivity index (χ0n) is 9.24. The van der Waals surface area contributed by atoms with Crippen molar-refractivity contribution in [2.75, 3.05) is 20.8 Å². The molecule has 0 amide bonds. The van der Waals surface area contributed by atoms with Gasteiger partial charge in [0.2, 0.25) is 0 Å². The minimum Gasteiger partial charge on any atom is -0.468 e. The van der Waals surface area contributed by atoms with Crippen LogP contribution < -0.4 is 0 Å². The van der Waals surface area contributed by atoms with E-state index in [1.165, 1.54) is 14.2 Å². The molecule has 0 spiro atoms. The number of rotatable bonds is 2. The van der Waals surface area contributed by atoms with Gasteiger partial charge in [-0.05, 0) is 19.8 Å². The summed E-state index contributed by atoms with van der Waals surface area (Å²) in [5.74, 6) is -1.62. The average Bonchev–Trinajstić information content (AvgIpc) is 2.64. The van der Waals surface area contributed by atoms with Gasteiger partial charge in [0.1, 0.15) is 5.41 Å². The van der Waals surface area contributed by atoms with Gasteiger partial charge in [-0.1, -0.05) is 0 Å². The van der Waals surface area contributed by atoms with Crippen molar-refractivity contribution in [2.24, 2.45) is 5.41 Å². The lowest BCUT2D eigenvalue weighted by Crippen LogP contribution is -2.56. The SMILES string of the molecule is COC(=O)C1(C)CCC2COC1(OC)O2. The highest BCUT2D eigenvalue weighted by atomic mass is 16.9. The highest BCUT2D eigenvalue weighted by molar-refractivity contribution is 5.77. The van der Waals surface area contributed by atoms with Crippen LogP contribution in [0.5, 0.6) is 0 Å². The predicted molar refractivity (Wildman–Crippen MR) is 49.9 cm³/mol. The van der Waals surface area contributed by atoms with Crippen LogP contribution in [0.4, 0.5) is 0 Å². The minimum atomic E-state index is -1.26. The summed E-state index contributed by atoms with van der Waals surface area (Å²) in [6, 6.07) is 0. The molecule has 2 aliphatic rings. The molecule has 15 heavy (non-hydrogen) atoms. The van der Waals surface area contributed by atoms with Crippen LogP contribution in [0.1, 0.15) is 19.8 Å². The van der Waals surface area contributed by atoms with Crippen LogP contribution in [0.25, 0.3) is 0 Å². The molecule has 5 nitrogen and oxygen atoms in total. The molecule has 0 N–H and O–H groups in total. The molecule has 86 valence electrons. The van der Waals surface area contributed by atoms with Crippen molar-refractivity contribution in [3.05, 3.63) is 0 Å². The minimum absolute atomic E-state index is 0.0303. The molecule has 2 fully saturated rings. The van der Waals surface area contributed by atoms with Crippen molar-refractivity contribution in [1.29, 1.82) is 0 Å². The Hall–Kier alpha value is -0.650. The number of fused-ring (bicyclic) bond motifs is 2. The van der Waals surface area contributed by atoms with Crippen molar-refractivity contribution in [2.45, 2.75) is 31.8 Å². The molecule has 3 unspecified atom stereocenters. The van der Waals surface area contributed by atoms with Gasteiger partial charge < -0.3 is 18.9 Å². The van der Waals surface area contributed by atoms with Gasteiger partial charge in [0.05, 0.1) is 19.8 Å². The number of methoxy groups -OCH3 is 2. The highest BCUT2D eigenvalue weighted by Crippen LogP contribution is 2.50. The fourth-order valence-electron chi connectivity index (χ4n) is 2.31. The van der Waals surface area contributed by atoms with Crippen molar-refractivity contribution >= 4 is 5.97 Å². The van der Waals surface area contributed by atoms with E-state index in [0.717, 1.165) is 6.42 Å². The number of ether oxygens (including phenoxy) is 4. The Labute approximate surface area is 88.6 Å². The molecule has 2 bridgehead atoms. The fourth-order valence-corrected chi connectivity index (χ4v) is 2.31. The Morgan fingerprint density at radius 1 is 1.47 bits per heavy atom. The first kappa shape index (κ1) is 10.9. The van der Waals surface area contributed by atoms with Crippen LogP contribution in [0.15, 0.2) is 0 Å². The van der Waals surface area contributed by atoms with Gasteiger partial charge in [0.15, 0.2) is 0 Å². The van der Waals surface area contributed by atoms with Gasteiger partial charge in [-0.2, -0.15) is 0 Å². The van der Waals surface area contributed by atoms with E-state index in [1.54, 1.807) is 6.92 Å².